The van der Waals surface area contributed by atoms with Crippen LogP contribution in [-0.4, -0.2) is 61.5 Å². The molecule has 1 aromatic heterocycles. The number of aromatic nitrogens is 2. The molecule has 4 fully saturated rings. The van der Waals surface area contributed by atoms with Gasteiger partial charge in [-0.3, -0.25) is 5.32 Å². The number of ether oxygens (including phenoxy) is 1. The molecule has 2 atom stereocenters. The van der Waals surface area contributed by atoms with E-state index in [1.165, 1.54) is 12.1 Å². The summed E-state index contributed by atoms with van der Waals surface area (Å²) in [5, 5.41) is 7.42. The molecular formula is C27H36F3N5O3S. The number of benzene rings is 1. The normalized spacial score (nSPS) is 26.1. The summed E-state index contributed by atoms with van der Waals surface area (Å²) >= 11 is 0. The number of rotatable bonds is 8. The predicted octanol–water partition coefficient (Wildman–Crippen LogP) is 3.98. The van der Waals surface area contributed by atoms with Crippen LogP contribution in [0.15, 0.2) is 35.2 Å². The number of hydrogen-bond donors (Lipinski definition) is 2. The smallest absolute Gasteiger partial charge is 0.381 e. The number of sulfone groups is 1. The molecule has 39 heavy (non-hydrogen) atoms. The second-order valence-electron chi connectivity index (χ2n) is 11.6. The lowest BCUT2D eigenvalue weighted by molar-refractivity contribution is -0.139. The highest BCUT2D eigenvalue weighted by atomic mass is 32.2. The third-order valence-corrected chi connectivity index (χ3v) is 11.1. The van der Waals surface area contributed by atoms with Crippen LogP contribution in [0.1, 0.15) is 74.6 Å². The number of nitrogens with one attached hydrogen (secondary N) is 1. The Morgan fingerprint density at radius 3 is 2.49 bits per heavy atom. The van der Waals surface area contributed by atoms with E-state index >= 15 is 0 Å². The Morgan fingerprint density at radius 2 is 1.85 bits per heavy atom. The third kappa shape index (κ3) is 5.32. The van der Waals surface area contributed by atoms with Gasteiger partial charge in [-0.25, -0.2) is 13.1 Å². The molecular weight excluding hydrogens is 531 g/mol. The van der Waals surface area contributed by atoms with Gasteiger partial charge in [-0.05, 0) is 63.5 Å². The van der Waals surface area contributed by atoms with Gasteiger partial charge < -0.3 is 15.4 Å². The number of anilines is 1. The zero-order valence-electron chi connectivity index (χ0n) is 21.9. The van der Waals surface area contributed by atoms with Crippen molar-refractivity contribution >= 4 is 15.7 Å². The third-order valence-electron chi connectivity index (χ3n) is 8.88. The fraction of sp³-hybridized carbons (Fsp3) is 0.667. The lowest BCUT2D eigenvalue weighted by atomic mass is 9.93. The zero-order chi connectivity index (χ0) is 27.4. The number of alkyl halides is 3. The molecule has 6 rings (SSSR count). The zero-order valence-corrected chi connectivity index (χ0v) is 22.7. The first kappa shape index (κ1) is 27.0. The van der Waals surface area contributed by atoms with E-state index < -0.39 is 37.4 Å². The van der Waals surface area contributed by atoms with Crippen molar-refractivity contribution in [2.45, 2.75) is 91.4 Å². The first-order valence-electron chi connectivity index (χ1n) is 13.9. The van der Waals surface area contributed by atoms with Crippen molar-refractivity contribution in [2.24, 2.45) is 5.73 Å². The molecule has 2 aliphatic carbocycles. The summed E-state index contributed by atoms with van der Waals surface area (Å²) in [7, 11) is -4.27. The van der Waals surface area contributed by atoms with Gasteiger partial charge in [-0.2, -0.15) is 18.3 Å². The van der Waals surface area contributed by atoms with Gasteiger partial charge in [0.25, 0.3) is 0 Å². The first-order valence-corrected chi connectivity index (χ1v) is 15.5. The molecule has 214 valence electrons. The molecule has 2 saturated carbocycles. The van der Waals surface area contributed by atoms with Crippen LogP contribution in [0.3, 0.4) is 0 Å². The van der Waals surface area contributed by atoms with Gasteiger partial charge in [0.2, 0.25) is 0 Å². The molecule has 0 spiro atoms. The van der Waals surface area contributed by atoms with E-state index in [9.17, 15) is 21.6 Å². The Hall–Kier alpha value is -2.15. The summed E-state index contributed by atoms with van der Waals surface area (Å²) in [6.07, 6.45) is 2.02. The van der Waals surface area contributed by atoms with Crippen molar-refractivity contribution in [1.82, 2.24) is 15.1 Å². The van der Waals surface area contributed by atoms with Gasteiger partial charge in [-0.1, -0.05) is 12.1 Å². The molecule has 2 aromatic rings. The lowest BCUT2D eigenvalue weighted by Crippen LogP contribution is -2.47. The van der Waals surface area contributed by atoms with Crippen LogP contribution in [-0.2, 0) is 20.8 Å². The highest BCUT2D eigenvalue weighted by Gasteiger charge is 2.47. The number of halogens is 3. The predicted molar refractivity (Wildman–Crippen MR) is 140 cm³/mol. The summed E-state index contributed by atoms with van der Waals surface area (Å²) in [4.78, 5) is 1.41. The standard InChI is InChI=1S/C27H36F3N5O3S/c28-27(29,30)22-6-1-2-7-24(22)39(36,37)21-14-20(16-32-26(31)10-11-26)34(17-21)25-15-23(18-8-12-38-13-9-18)33-35(25)19-4-3-5-19/h1-2,6-7,15,18-21,32H,3-5,8-14,16-17,31H2. The molecule has 2 aliphatic heterocycles. The van der Waals surface area contributed by atoms with E-state index in [2.05, 4.69) is 21.0 Å². The van der Waals surface area contributed by atoms with E-state index in [-0.39, 0.29) is 31.0 Å². The van der Waals surface area contributed by atoms with Gasteiger partial charge in [0.1, 0.15) is 5.82 Å². The molecule has 0 amide bonds. The fourth-order valence-electron chi connectivity index (χ4n) is 6.04. The lowest BCUT2D eigenvalue weighted by Gasteiger charge is -2.33. The molecule has 3 heterocycles. The summed E-state index contributed by atoms with van der Waals surface area (Å²) in [5.74, 6) is 1.13. The Kier molecular flexibility index (Phi) is 6.96. The maximum atomic E-state index is 13.8. The van der Waals surface area contributed by atoms with Gasteiger partial charge in [-0.15, -0.1) is 0 Å². The van der Waals surface area contributed by atoms with Gasteiger partial charge in [0.15, 0.2) is 9.84 Å². The van der Waals surface area contributed by atoms with Crippen LogP contribution < -0.4 is 16.0 Å². The van der Waals surface area contributed by atoms with Crippen LogP contribution in [0, 0.1) is 0 Å². The SMILES string of the molecule is NC1(NCC2CC(S(=O)(=O)c3ccccc3C(F)(F)F)CN2c2cc(C3CCOCC3)nn2C2CCC2)CC1. The average molecular weight is 568 g/mol. The van der Waals surface area contributed by atoms with E-state index in [1.807, 2.05) is 0 Å². The topological polar surface area (TPSA) is 102 Å². The highest BCUT2D eigenvalue weighted by molar-refractivity contribution is 7.92. The number of hydrogen-bond acceptors (Lipinski definition) is 7. The van der Waals surface area contributed by atoms with Gasteiger partial charge in [0, 0.05) is 44.3 Å². The molecule has 0 bridgehead atoms. The molecule has 4 aliphatic rings. The molecule has 1 aromatic carbocycles. The van der Waals surface area contributed by atoms with E-state index in [0.717, 1.165) is 68.6 Å². The summed E-state index contributed by atoms with van der Waals surface area (Å²) < 4.78 is 76.5. The maximum absolute atomic E-state index is 13.8. The summed E-state index contributed by atoms with van der Waals surface area (Å²) in [6.45, 7) is 1.92. The van der Waals surface area contributed by atoms with Crippen molar-refractivity contribution in [3.05, 3.63) is 41.6 Å². The molecule has 3 N–H and O–H groups in total. The number of nitrogens with zero attached hydrogens (tertiary/aromatic N) is 3. The molecule has 0 radical (unpaired) electrons. The monoisotopic (exact) mass is 567 g/mol. The highest BCUT2D eigenvalue weighted by Crippen LogP contribution is 2.42. The van der Waals surface area contributed by atoms with Crippen molar-refractivity contribution in [3.63, 3.8) is 0 Å². The summed E-state index contributed by atoms with van der Waals surface area (Å²) in [5.41, 5.74) is 5.72. The minimum Gasteiger partial charge on any atom is -0.381 e. The van der Waals surface area contributed by atoms with Crippen molar-refractivity contribution in [1.29, 1.82) is 0 Å². The quantitative estimate of drug-likeness (QED) is 0.465. The fourth-order valence-corrected chi connectivity index (χ4v) is 7.99. The van der Waals surface area contributed by atoms with E-state index in [0.29, 0.717) is 19.8 Å². The van der Waals surface area contributed by atoms with Crippen molar-refractivity contribution < 1.29 is 26.3 Å². The van der Waals surface area contributed by atoms with E-state index in [1.54, 1.807) is 0 Å². The van der Waals surface area contributed by atoms with Gasteiger partial charge in [0.05, 0.1) is 33.1 Å². The molecule has 8 nitrogen and oxygen atoms in total. The Labute approximate surface area is 227 Å². The minimum atomic E-state index is -4.76. The maximum Gasteiger partial charge on any atom is 0.417 e. The minimum absolute atomic E-state index is 0.101. The Balaban J connectivity index is 1.35. The second kappa shape index (κ2) is 10.0. The number of nitrogens with two attached hydrogens (primary N) is 1. The second-order valence-corrected chi connectivity index (χ2v) is 13.8. The van der Waals surface area contributed by atoms with Crippen LogP contribution in [0.4, 0.5) is 19.0 Å². The largest absolute Gasteiger partial charge is 0.417 e. The van der Waals surface area contributed by atoms with Crippen molar-refractivity contribution in [3.8, 4) is 0 Å². The summed E-state index contributed by atoms with van der Waals surface area (Å²) in [6, 6.07) is 6.57. The van der Waals surface area contributed by atoms with Crippen molar-refractivity contribution in [2.75, 3.05) is 31.2 Å². The Morgan fingerprint density at radius 1 is 1.13 bits per heavy atom. The molecule has 2 saturated heterocycles. The molecule has 12 heteroatoms. The van der Waals surface area contributed by atoms with Gasteiger partial charge >= 0.3 is 6.18 Å². The molecule has 2 unspecified atom stereocenters. The van der Waals surface area contributed by atoms with Crippen LogP contribution in [0.5, 0.6) is 0 Å². The Bertz CT molecular complexity index is 1300. The van der Waals surface area contributed by atoms with Crippen LogP contribution in [0.25, 0.3) is 0 Å². The van der Waals surface area contributed by atoms with Crippen LogP contribution in [0.2, 0.25) is 0 Å². The average Bonchev–Trinajstić information content (AvgIpc) is 3.26. The van der Waals surface area contributed by atoms with Crippen LogP contribution >= 0.6 is 0 Å². The van der Waals surface area contributed by atoms with E-state index in [4.69, 9.17) is 15.6 Å². The first-order chi connectivity index (χ1) is 18.6.